The Morgan fingerprint density at radius 3 is 2.36 bits per heavy atom. The van der Waals surface area contributed by atoms with Crippen molar-refractivity contribution < 1.29 is 14.7 Å². The molecule has 1 heterocycles. The van der Waals surface area contributed by atoms with Crippen molar-refractivity contribution >= 4 is 11.8 Å². The molecule has 2 amide bonds. The third-order valence-electron chi connectivity index (χ3n) is 8.06. The van der Waals surface area contributed by atoms with Gasteiger partial charge >= 0.3 is 0 Å². The largest absolute Gasteiger partial charge is 0.387 e. The average molecular weight is 447 g/mol. The van der Waals surface area contributed by atoms with Gasteiger partial charge in [-0.3, -0.25) is 9.59 Å². The highest BCUT2D eigenvalue weighted by Gasteiger charge is 2.56. The van der Waals surface area contributed by atoms with E-state index in [1.54, 1.807) is 0 Å². The molecular weight excluding hydrogens is 412 g/mol. The van der Waals surface area contributed by atoms with Gasteiger partial charge in [-0.15, -0.1) is 0 Å². The van der Waals surface area contributed by atoms with Gasteiger partial charge in [0.2, 0.25) is 5.91 Å². The van der Waals surface area contributed by atoms with Crippen LogP contribution in [0.5, 0.6) is 0 Å². The van der Waals surface area contributed by atoms with Crippen molar-refractivity contribution in [2.75, 3.05) is 6.54 Å². The lowest BCUT2D eigenvalue weighted by atomic mass is 9.64. The minimum atomic E-state index is -0.760. The number of nitrogens with one attached hydrogen (secondary N) is 1. The zero-order valence-electron chi connectivity index (χ0n) is 19.2. The van der Waals surface area contributed by atoms with E-state index in [9.17, 15) is 14.7 Å². The molecule has 1 spiro atoms. The Morgan fingerprint density at radius 2 is 1.64 bits per heavy atom. The first kappa shape index (κ1) is 22.1. The van der Waals surface area contributed by atoms with Crippen molar-refractivity contribution in [1.29, 1.82) is 0 Å². The lowest BCUT2D eigenvalue weighted by Crippen LogP contribution is -2.65. The van der Waals surface area contributed by atoms with Crippen LogP contribution in [0.25, 0.3) is 0 Å². The molecule has 2 atom stereocenters. The smallest absolute Gasteiger partial charge is 0.254 e. The molecule has 2 aromatic rings. The van der Waals surface area contributed by atoms with Crippen molar-refractivity contribution in [3.63, 3.8) is 0 Å². The Balaban J connectivity index is 1.50. The highest BCUT2D eigenvalue weighted by atomic mass is 16.3. The van der Waals surface area contributed by atoms with Gasteiger partial charge in [0.05, 0.1) is 17.6 Å². The fourth-order valence-corrected chi connectivity index (χ4v) is 6.57. The van der Waals surface area contributed by atoms with Crippen molar-refractivity contribution in [1.82, 2.24) is 10.2 Å². The zero-order chi connectivity index (χ0) is 22.8. The van der Waals surface area contributed by atoms with E-state index in [1.807, 2.05) is 54.6 Å². The summed E-state index contributed by atoms with van der Waals surface area (Å²) in [5.41, 5.74) is 1.84. The topological polar surface area (TPSA) is 69.6 Å². The first-order chi connectivity index (χ1) is 16.1. The van der Waals surface area contributed by atoms with Crippen molar-refractivity contribution in [2.24, 2.45) is 0 Å². The van der Waals surface area contributed by atoms with E-state index in [0.717, 1.165) is 68.9 Å². The Bertz CT molecular complexity index is 993. The summed E-state index contributed by atoms with van der Waals surface area (Å²) in [6.07, 6.45) is 8.53. The number of fused-ring (bicyclic) bond motifs is 1. The van der Waals surface area contributed by atoms with Crippen LogP contribution in [-0.2, 0) is 4.79 Å². The second kappa shape index (κ2) is 9.30. The maximum absolute atomic E-state index is 13.9. The molecule has 0 unspecified atom stereocenters. The number of rotatable bonds is 5. The average Bonchev–Trinajstić information content (AvgIpc) is 3.38. The van der Waals surface area contributed by atoms with Gasteiger partial charge < -0.3 is 15.3 Å². The van der Waals surface area contributed by atoms with Crippen LogP contribution in [0.15, 0.2) is 54.6 Å². The predicted molar refractivity (Wildman–Crippen MR) is 128 cm³/mol. The number of hydrogen-bond donors (Lipinski definition) is 2. The van der Waals surface area contributed by atoms with Gasteiger partial charge in [0.1, 0.15) is 0 Å². The van der Waals surface area contributed by atoms with Crippen LogP contribution >= 0.6 is 0 Å². The standard InChI is InChI=1S/C28H34N2O3/c31-24(20-11-3-1-4-12-20)19-29-26(32)25-22-15-7-8-16-23(22)27(33)30(21-13-5-6-14-21)28(25)17-9-2-10-18-28/h1,3-4,7-8,11-12,15-16,21,24-25,31H,2,5-6,9-10,13-14,17-19H2,(H,29,32)/t24-,25+/m1/s1. The van der Waals surface area contributed by atoms with E-state index in [4.69, 9.17) is 0 Å². The molecule has 174 valence electrons. The molecule has 0 radical (unpaired) electrons. The van der Waals surface area contributed by atoms with Crippen LogP contribution in [0.3, 0.4) is 0 Å². The first-order valence-electron chi connectivity index (χ1n) is 12.5. The van der Waals surface area contributed by atoms with E-state index in [0.29, 0.717) is 5.56 Å². The Kier molecular flexibility index (Phi) is 6.24. The highest BCUT2D eigenvalue weighted by Crippen LogP contribution is 2.51. The third kappa shape index (κ3) is 3.97. The molecule has 5 heteroatoms. The zero-order valence-corrected chi connectivity index (χ0v) is 19.2. The maximum Gasteiger partial charge on any atom is 0.254 e. The minimum absolute atomic E-state index is 0.0742. The lowest BCUT2D eigenvalue weighted by molar-refractivity contribution is -0.128. The van der Waals surface area contributed by atoms with E-state index in [2.05, 4.69) is 10.2 Å². The maximum atomic E-state index is 13.9. The summed E-state index contributed by atoms with van der Waals surface area (Å²) in [6, 6.07) is 17.3. The van der Waals surface area contributed by atoms with Gasteiger partial charge in [0, 0.05) is 18.2 Å². The second-order valence-electron chi connectivity index (χ2n) is 9.97. The molecule has 0 bridgehead atoms. The molecule has 1 aliphatic heterocycles. The quantitative estimate of drug-likeness (QED) is 0.698. The van der Waals surface area contributed by atoms with Gasteiger partial charge in [-0.25, -0.2) is 0 Å². The molecule has 3 aliphatic rings. The van der Waals surface area contributed by atoms with Crippen LogP contribution < -0.4 is 5.32 Å². The lowest BCUT2D eigenvalue weighted by Gasteiger charge is -2.56. The van der Waals surface area contributed by atoms with Crippen molar-refractivity contribution in [3.8, 4) is 0 Å². The molecule has 5 rings (SSSR count). The molecule has 0 saturated heterocycles. The number of nitrogens with zero attached hydrogens (tertiary/aromatic N) is 1. The molecule has 2 aromatic carbocycles. The summed E-state index contributed by atoms with van der Waals surface area (Å²) in [7, 11) is 0. The number of hydrogen-bond acceptors (Lipinski definition) is 3. The van der Waals surface area contributed by atoms with Gasteiger partial charge in [-0.05, 0) is 42.9 Å². The second-order valence-corrected chi connectivity index (χ2v) is 9.97. The number of benzene rings is 2. The minimum Gasteiger partial charge on any atom is -0.387 e. The number of aliphatic hydroxyl groups is 1. The summed E-state index contributed by atoms with van der Waals surface area (Å²) in [6.45, 7) is 0.162. The van der Waals surface area contributed by atoms with Crippen molar-refractivity contribution in [3.05, 3.63) is 71.3 Å². The molecule has 2 N–H and O–H groups in total. The molecule has 0 aromatic heterocycles. The number of amides is 2. The summed E-state index contributed by atoms with van der Waals surface area (Å²) in [5.74, 6) is -0.377. The van der Waals surface area contributed by atoms with Crippen molar-refractivity contribution in [2.45, 2.75) is 81.4 Å². The third-order valence-corrected chi connectivity index (χ3v) is 8.06. The Labute approximate surface area is 196 Å². The van der Waals surface area contributed by atoms with Crippen LogP contribution in [-0.4, -0.2) is 39.9 Å². The molecule has 2 aliphatic carbocycles. The van der Waals surface area contributed by atoms with E-state index in [1.165, 1.54) is 0 Å². The van der Waals surface area contributed by atoms with Gasteiger partial charge in [0.15, 0.2) is 0 Å². The molecular formula is C28H34N2O3. The SMILES string of the molecule is O=C(NC[C@@H](O)c1ccccc1)[C@@H]1c2ccccc2C(=O)N(C2CCCC2)C12CCCCC2. The molecule has 33 heavy (non-hydrogen) atoms. The van der Waals surface area contributed by atoms with Crippen LogP contribution in [0.1, 0.15) is 91.3 Å². The predicted octanol–water partition coefficient (Wildman–Crippen LogP) is 4.72. The number of carbonyl (C=O) groups excluding carboxylic acids is 2. The van der Waals surface area contributed by atoms with E-state index >= 15 is 0 Å². The van der Waals surface area contributed by atoms with Crippen LogP contribution in [0, 0.1) is 0 Å². The van der Waals surface area contributed by atoms with Gasteiger partial charge in [-0.1, -0.05) is 80.6 Å². The van der Waals surface area contributed by atoms with E-state index in [-0.39, 0.29) is 24.4 Å². The highest BCUT2D eigenvalue weighted by molar-refractivity contribution is 6.02. The fourth-order valence-electron chi connectivity index (χ4n) is 6.57. The molecule has 5 nitrogen and oxygen atoms in total. The summed E-state index contributed by atoms with van der Waals surface area (Å²) >= 11 is 0. The molecule has 2 saturated carbocycles. The fraction of sp³-hybridized carbons (Fsp3) is 0.500. The normalized spacial score (nSPS) is 23.4. The number of carbonyl (C=O) groups is 2. The summed E-state index contributed by atoms with van der Waals surface area (Å²) < 4.78 is 0. The number of aliphatic hydroxyl groups excluding tert-OH is 1. The summed E-state index contributed by atoms with van der Waals surface area (Å²) in [5, 5.41) is 13.7. The Hall–Kier alpha value is -2.66. The Morgan fingerprint density at radius 1 is 0.970 bits per heavy atom. The molecule has 2 fully saturated rings. The van der Waals surface area contributed by atoms with Crippen LogP contribution in [0.2, 0.25) is 0 Å². The van der Waals surface area contributed by atoms with E-state index < -0.39 is 17.6 Å². The first-order valence-corrected chi connectivity index (χ1v) is 12.5. The summed E-state index contributed by atoms with van der Waals surface area (Å²) in [4.78, 5) is 29.9. The van der Waals surface area contributed by atoms with Gasteiger partial charge in [-0.2, -0.15) is 0 Å². The van der Waals surface area contributed by atoms with Gasteiger partial charge in [0.25, 0.3) is 5.91 Å². The monoisotopic (exact) mass is 446 g/mol. The van der Waals surface area contributed by atoms with Crippen LogP contribution in [0.4, 0.5) is 0 Å².